The number of ether oxygens (including phenoxy) is 1. The number of nitrogens with two attached hydrogens (primary N) is 1. The lowest BCUT2D eigenvalue weighted by molar-refractivity contribution is -0.132. The van der Waals surface area contributed by atoms with Gasteiger partial charge in [-0.05, 0) is 25.2 Å². The van der Waals surface area contributed by atoms with Crippen LogP contribution in [-0.4, -0.2) is 68.4 Å². The zero-order valence-electron chi connectivity index (χ0n) is 14.5. The molecule has 0 radical (unpaired) electrons. The maximum atomic E-state index is 14.4. The first-order valence-corrected chi connectivity index (χ1v) is 7.97. The van der Waals surface area contributed by atoms with E-state index in [-0.39, 0.29) is 31.1 Å². The smallest absolute Gasteiger partial charge is 0.253 e. The van der Waals surface area contributed by atoms with Gasteiger partial charge in [-0.25, -0.2) is 13.2 Å². The predicted molar refractivity (Wildman–Crippen MR) is 89.8 cm³/mol. The summed E-state index contributed by atoms with van der Waals surface area (Å²) in [6.45, 7) is -0.549. The molecule has 1 aliphatic heterocycles. The van der Waals surface area contributed by atoms with Crippen molar-refractivity contribution in [2.75, 3.05) is 43.6 Å². The predicted octanol–water partition coefficient (Wildman–Crippen LogP) is 0.178. The number of halogens is 3. The number of alkyl halides is 2. The first-order valence-electron chi connectivity index (χ1n) is 7.97. The zero-order chi connectivity index (χ0) is 20.1. The fourth-order valence-corrected chi connectivity index (χ4v) is 2.66. The van der Waals surface area contributed by atoms with Gasteiger partial charge < -0.3 is 20.7 Å². The second-order valence-corrected chi connectivity index (χ2v) is 5.89. The van der Waals surface area contributed by atoms with E-state index >= 15 is 0 Å². The van der Waals surface area contributed by atoms with Crippen molar-refractivity contribution < 1.29 is 32.3 Å². The Morgan fingerprint density at radius 3 is 2.67 bits per heavy atom. The molecule has 0 aliphatic carbocycles. The monoisotopic (exact) mass is 388 g/mol. The summed E-state index contributed by atoms with van der Waals surface area (Å²) in [6, 6.07) is 1.92. The lowest BCUT2D eigenvalue weighted by Gasteiger charge is -2.27. The Morgan fingerprint density at radius 1 is 1.41 bits per heavy atom. The molecule has 0 saturated carbocycles. The van der Waals surface area contributed by atoms with Crippen LogP contribution in [0.4, 0.5) is 24.5 Å². The molecule has 0 aromatic heterocycles. The number of nitrogens with one attached hydrogen (secondary N) is 1. The molecule has 8 nitrogen and oxygen atoms in total. The average Bonchev–Trinajstić information content (AvgIpc) is 2.55. The van der Waals surface area contributed by atoms with E-state index in [4.69, 9.17) is 10.5 Å². The van der Waals surface area contributed by atoms with E-state index in [9.17, 15) is 27.6 Å². The summed E-state index contributed by atoms with van der Waals surface area (Å²) >= 11 is 0. The Hall–Kier alpha value is -2.66. The molecule has 0 unspecified atom stereocenters. The van der Waals surface area contributed by atoms with E-state index < -0.39 is 42.6 Å². The molecule has 0 bridgehead atoms. The SMILES string of the molecule is CN(CC(F)F)[C@@H](C(N)=O)C(=O)Nc1ccc(N2CCOCC2=O)c(F)c1. The van der Waals surface area contributed by atoms with E-state index in [1.165, 1.54) is 17.0 Å². The van der Waals surface area contributed by atoms with Gasteiger partial charge in [-0.2, -0.15) is 0 Å². The van der Waals surface area contributed by atoms with Gasteiger partial charge in [0.2, 0.25) is 5.91 Å². The minimum atomic E-state index is -2.77. The fourth-order valence-electron chi connectivity index (χ4n) is 2.66. The first-order chi connectivity index (χ1) is 12.7. The summed E-state index contributed by atoms with van der Waals surface area (Å²) in [5, 5.41) is 2.27. The van der Waals surface area contributed by atoms with Crippen LogP contribution in [-0.2, 0) is 19.1 Å². The minimum absolute atomic E-state index is 0.0151. The van der Waals surface area contributed by atoms with Crippen molar-refractivity contribution in [3.8, 4) is 0 Å². The lowest BCUT2D eigenvalue weighted by atomic mass is 10.2. The number of hydrogen-bond donors (Lipinski definition) is 2. The maximum Gasteiger partial charge on any atom is 0.253 e. The molecule has 1 aliphatic rings. The molecule has 1 aromatic carbocycles. The summed E-state index contributed by atoms with van der Waals surface area (Å²) in [7, 11) is 1.15. The van der Waals surface area contributed by atoms with Crippen LogP contribution in [0, 0.1) is 5.82 Å². The number of rotatable bonds is 7. The van der Waals surface area contributed by atoms with Crippen molar-refractivity contribution in [3.05, 3.63) is 24.0 Å². The van der Waals surface area contributed by atoms with Crippen LogP contribution in [0.2, 0.25) is 0 Å². The van der Waals surface area contributed by atoms with Crippen molar-refractivity contribution in [2.45, 2.75) is 12.5 Å². The number of hydrogen-bond acceptors (Lipinski definition) is 5. The highest BCUT2D eigenvalue weighted by molar-refractivity contribution is 6.09. The van der Waals surface area contributed by atoms with Crippen LogP contribution < -0.4 is 16.0 Å². The number of nitrogens with zero attached hydrogens (tertiary/aromatic N) is 2. The Kier molecular flexibility index (Phi) is 6.75. The average molecular weight is 388 g/mol. The normalized spacial score (nSPS) is 15.9. The summed E-state index contributed by atoms with van der Waals surface area (Å²) in [4.78, 5) is 37.5. The summed E-state index contributed by atoms with van der Waals surface area (Å²) in [5.41, 5.74) is 5.12. The summed E-state index contributed by atoms with van der Waals surface area (Å²) in [5.74, 6) is -3.27. The molecular formula is C16H19F3N4O4. The van der Waals surface area contributed by atoms with Gasteiger partial charge >= 0.3 is 0 Å². The van der Waals surface area contributed by atoms with Crippen LogP contribution in [0.1, 0.15) is 0 Å². The van der Waals surface area contributed by atoms with Gasteiger partial charge in [0.1, 0.15) is 12.4 Å². The van der Waals surface area contributed by atoms with Crippen LogP contribution in [0.25, 0.3) is 0 Å². The highest BCUT2D eigenvalue weighted by Crippen LogP contribution is 2.24. The van der Waals surface area contributed by atoms with Crippen molar-refractivity contribution in [3.63, 3.8) is 0 Å². The van der Waals surface area contributed by atoms with Crippen LogP contribution in [0.15, 0.2) is 18.2 Å². The second-order valence-electron chi connectivity index (χ2n) is 5.89. The van der Waals surface area contributed by atoms with Crippen molar-refractivity contribution in [1.82, 2.24) is 4.90 Å². The van der Waals surface area contributed by atoms with Gasteiger partial charge in [-0.1, -0.05) is 0 Å². The minimum Gasteiger partial charge on any atom is -0.370 e. The number of primary amides is 1. The largest absolute Gasteiger partial charge is 0.370 e. The molecule has 1 atom stereocenters. The van der Waals surface area contributed by atoms with Gasteiger partial charge in [0.15, 0.2) is 6.04 Å². The third-order valence-electron chi connectivity index (χ3n) is 3.88. The van der Waals surface area contributed by atoms with E-state index in [1.807, 2.05) is 0 Å². The molecule has 1 saturated heterocycles. The van der Waals surface area contributed by atoms with Gasteiger partial charge in [0.25, 0.3) is 18.2 Å². The molecule has 0 spiro atoms. The first kappa shape index (κ1) is 20.6. The van der Waals surface area contributed by atoms with E-state index in [0.717, 1.165) is 18.0 Å². The molecular weight excluding hydrogens is 369 g/mol. The molecule has 1 fully saturated rings. The highest BCUT2D eigenvalue weighted by atomic mass is 19.3. The van der Waals surface area contributed by atoms with E-state index in [2.05, 4.69) is 5.32 Å². The van der Waals surface area contributed by atoms with Gasteiger partial charge in [-0.15, -0.1) is 0 Å². The summed E-state index contributed by atoms with van der Waals surface area (Å²) in [6.07, 6.45) is -2.77. The molecule has 2 rings (SSSR count). The van der Waals surface area contributed by atoms with Gasteiger partial charge in [0, 0.05) is 12.2 Å². The number of likely N-dealkylation sites (N-methyl/N-ethyl adjacent to an activating group) is 1. The zero-order valence-corrected chi connectivity index (χ0v) is 14.5. The molecule has 3 amide bonds. The number of anilines is 2. The third kappa shape index (κ3) is 5.17. The lowest BCUT2D eigenvalue weighted by Crippen LogP contribution is -2.51. The molecule has 148 valence electrons. The molecule has 27 heavy (non-hydrogen) atoms. The van der Waals surface area contributed by atoms with Gasteiger partial charge in [0.05, 0.1) is 18.8 Å². The van der Waals surface area contributed by atoms with Crippen molar-refractivity contribution in [2.24, 2.45) is 5.73 Å². The van der Waals surface area contributed by atoms with Crippen LogP contribution >= 0.6 is 0 Å². The topological polar surface area (TPSA) is 105 Å². The summed E-state index contributed by atoms with van der Waals surface area (Å²) < 4.78 is 44.3. The number of carbonyl (C=O) groups is 3. The fraction of sp³-hybridized carbons (Fsp3) is 0.438. The van der Waals surface area contributed by atoms with Crippen molar-refractivity contribution >= 4 is 29.1 Å². The Morgan fingerprint density at radius 2 is 2.11 bits per heavy atom. The standard InChI is InChI=1S/C16H19F3N4O4/c1-22(7-12(18)19)14(15(20)25)16(26)21-9-2-3-11(10(17)6-9)23-4-5-27-8-13(23)24/h2-3,6,12,14H,4-5,7-8H2,1H3,(H2,20,25)(H,21,26)/t14-/m0/s1. The third-order valence-corrected chi connectivity index (χ3v) is 3.88. The molecule has 1 heterocycles. The molecule has 1 aromatic rings. The quantitative estimate of drug-likeness (QED) is 0.649. The number of morpholine rings is 1. The Labute approximate surface area is 153 Å². The van der Waals surface area contributed by atoms with Gasteiger partial charge in [-0.3, -0.25) is 19.3 Å². The van der Waals surface area contributed by atoms with Crippen LogP contribution in [0.5, 0.6) is 0 Å². The maximum absolute atomic E-state index is 14.4. The van der Waals surface area contributed by atoms with E-state index in [0.29, 0.717) is 0 Å². The number of amides is 3. The van der Waals surface area contributed by atoms with Crippen LogP contribution in [0.3, 0.4) is 0 Å². The van der Waals surface area contributed by atoms with Crippen molar-refractivity contribution in [1.29, 1.82) is 0 Å². The number of carbonyl (C=O) groups excluding carboxylic acids is 3. The Balaban J connectivity index is 2.14. The second kappa shape index (κ2) is 8.82. The van der Waals surface area contributed by atoms with E-state index in [1.54, 1.807) is 0 Å². The number of benzene rings is 1. The Bertz CT molecular complexity index is 732. The highest BCUT2D eigenvalue weighted by Gasteiger charge is 2.31. The molecule has 11 heteroatoms. The molecule has 3 N–H and O–H groups in total.